The summed E-state index contributed by atoms with van der Waals surface area (Å²) in [6.45, 7) is 5.71. The van der Waals surface area contributed by atoms with E-state index in [2.05, 4.69) is 10.6 Å². The summed E-state index contributed by atoms with van der Waals surface area (Å²) in [4.78, 5) is 0. The van der Waals surface area contributed by atoms with E-state index in [9.17, 15) is 0 Å². The van der Waals surface area contributed by atoms with Gasteiger partial charge in [-0.25, -0.2) is 0 Å². The van der Waals surface area contributed by atoms with E-state index in [0.29, 0.717) is 10.3 Å². The van der Waals surface area contributed by atoms with Gasteiger partial charge in [-0.2, -0.15) is 0 Å². The third-order valence-electron chi connectivity index (χ3n) is 4.11. The number of thiocarbonyl (C=S) groups is 2. The van der Waals surface area contributed by atoms with Gasteiger partial charge in [0.25, 0.3) is 10.3 Å². The lowest BCUT2D eigenvalue weighted by Gasteiger charge is -2.10. The molecule has 0 aliphatic rings. The molecule has 0 atom stereocenters. The molecule has 0 aliphatic heterocycles. The fraction of sp³-hybridized carbons (Fsp3) is 0.364. The number of unbranched alkanes of at least 4 members (excludes halogenated alkanes) is 3. The number of aryl methyl sites for hydroxylation is 2. The van der Waals surface area contributed by atoms with Gasteiger partial charge >= 0.3 is 0 Å². The number of hydrogen-bond acceptors (Lipinski definition) is 4. The maximum Gasteiger partial charge on any atom is 0.262 e. The average Bonchev–Trinajstić information content (AvgIpc) is 2.67. The molecule has 4 nitrogen and oxygen atoms in total. The van der Waals surface area contributed by atoms with Crippen molar-refractivity contribution in [1.82, 2.24) is 10.6 Å². The highest BCUT2D eigenvalue weighted by atomic mass is 32.1. The van der Waals surface area contributed by atoms with Crippen molar-refractivity contribution in [3.63, 3.8) is 0 Å². The van der Waals surface area contributed by atoms with Gasteiger partial charge in [0.1, 0.15) is 11.5 Å². The predicted octanol–water partition coefficient (Wildman–Crippen LogP) is 5.07. The Balaban J connectivity index is 1.45. The fourth-order valence-electron chi connectivity index (χ4n) is 2.48. The van der Waals surface area contributed by atoms with Gasteiger partial charge in [0.2, 0.25) is 0 Å². The summed E-state index contributed by atoms with van der Waals surface area (Å²) in [5.74, 6) is 1.52. The summed E-state index contributed by atoms with van der Waals surface area (Å²) in [7, 11) is 0. The van der Waals surface area contributed by atoms with Gasteiger partial charge in [0.15, 0.2) is 0 Å². The Bertz CT molecular complexity index is 681. The molecule has 2 N–H and O–H groups in total. The SMILES string of the molecule is Cc1ccc(OC(=S)NCCCCCCNC(=S)Oc2ccc(C)cc2)cc1. The highest BCUT2D eigenvalue weighted by Gasteiger charge is 2.01. The minimum absolute atomic E-state index is 0.420. The summed E-state index contributed by atoms with van der Waals surface area (Å²) in [5.41, 5.74) is 2.39. The molecule has 2 aromatic carbocycles. The molecule has 0 saturated carbocycles. The van der Waals surface area contributed by atoms with E-state index in [1.165, 1.54) is 11.1 Å². The first kappa shape index (κ1) is 22.1. The summed E-state index contributed by atoms with van der Waals surface area (Å²) >= 11 is 10.4. The van der Waals surface area contributed by atoms with Crippen molar-refractivity contribution in [2.45, 2.75) is 39.5 Å². The van der Waals surface area contributed by atoms with Crippen LogP contribution in [0.4, 0.5) is 0 Å². The van der Waals surface area contributed by atoms with Crippen LogP contribution in [-0.4, -0.2) is 23.4 Å². The second kappa shape index (κ2) is 12.3. The van der Waals surface area contributed by atoms with Gasteiger partial charge in [-0.3, -0.25) is 0 Å². The zero-order chi connectivity index (χ0) is 20.2. The summed E-state index contributed by atoms with van der Waals surface area (Å²) in [6, 6.07) is 15.7. The minimum Gasteiger partial charge on any atom is -0.432 e. The van der Waals surface area contributed by atoms with Crippen LogP contribution in [0.15, 0.2) is 48.5 Å². The molecule has 2 rings (SSSR count). The quantitative estimate of drug-likeness (QED) is 0.439. The summed E-state index contributed by atoms with van der Waals surface area (Å²) in [6.07, 6.45) is 4.32. The Labute approximate surface area is 178 Å². The second-order valence-corrected chi connectivity index (χ2v) is 7.41. The number of benzene rings is 2. The lowest BCUT2D eigenvalue weighted by molar-refractivity contribution is 0.516. The third kappa shape index (κ3) is 9.15. The van der Waals surface area contributed by atoms with Crippen molar-refractivity contribution in [1.29, 1.82) is 0 Å². The average molecular weight is 417 g/mol. The highest BCUT2D eigenvalue weighted by Crippen LogP contribution is 2.12. The van der Waals surface area contributed by atoms with Crippen LogP contribution in [0.1, 0.15) is 36.8 Å². The van der Waals surface area contributed by atoms with Crippen molar-refractivity contribution in [3.8, 4) is 11.5 Å². The molecule has 28 heavy (non-hydrogen) atoms. The largest absolute Gasteiger partial charge is 0.432 e. The van der Waals surface area contributed by atoms with Crippen LogP contribution in [0.3, 0.4) is 0 Å². The first-order chi connectivity index (χ1) is 13.5. The Hall–Kier alpha value is -2.18. The summed E-state index contributed by atoms with van der Waals surface area (Å²) in [5, 5.41) is 7.12. The molecule has 0 aliphatic carbocycles. The number of nitrogens with one attached hydrogen (secondary N) is 2. The van der Waals surface area contributed by atoms with Crippen molar-refractivity contribution >= 4 is 34.8 Å². The van der Waals surface area contributed by atoms with E-state index in [1.54, 1.807) is 0 Å². The standard InChI is InChI=1S/C22H28N2O2S2/c1-17-7-11-19(12-8-17)25-21(27)23-15-5-3-4-6-16-24-22(28)26-20-13-9-18(2)10-14-20/h7-14H,3-6,15-16H2,1-2H3,(H,23,27)(H,24,28). The van der Waals surface area contributed by atoms with E-state index in [1.807, 2.05) is 62.4 Å². The van der Waals surface area contributed by atoms with Crippen LogP contribution in [0.2, 0.25) is 0 Å². The van der Waals surface area contributed by atoms with Crippen molar-refractivity contribution < 1.29 is 9.47 Å². The highest BCUT2D eigenvalue weighted by molar-refractivity contribution is 7.80. The lowest BCUT2D eigenvalue weighted by Crippen LogP contribution is -2.28. The Morgan fingerprint density at radius 1 is 0.643 bits per heavy atom. The monoisotopic (exact) mass is 416 g/mol. The van der Waals surface area contributed by atoms with Crippen molar-refractivity contribution in [2.24, 2.45) is 0 Å². The first-order valence-electron chi connectivity index (χ1n) is 9.57. The topological polar surface area (TPSA) is 42.5 Å². The first-order valence-corrected chi connectivity index (χ1v) is 10.4. The molecule has 0 amide bonds. The van der Waals surface area contributed by atoms with E-state index in [-0.39, 0.29) is 0 Å². The van der Waals surface area contributed by atoms with E-state index in [4.69, 9.17) is 33.9 Å². The van der Waals surface area contributed by atoms with Gasteiger partial charge in [-0.05, 0) is 75.4 Å². The second-order valence-electron chi connectivity index (χ2n) is 6.67. The molecule has 2 aromatic rings. The van der Waals surface area contributed by atoms with Gasteiger partial charge < -0.3 is 20.1 Å². The zero-order valence-corrected chi connectivity index (χ0v) is 18.1. The maximum absolute atomic E-state index is 5.58. The summed E-state index contributed by atoms with van der Waals surface area (Å²) < 4.78 is 11.2. The maximum atomic E-state index is 5.58. The Kier molecular flexibility index (Phi) is 9.72. The fourth-order valence-corrected chi connectivity index (χ4v) is 2.88. The number of hydrogen-bond donors (Lipinski definition) is 2. The minimum atomic E-state index is 0.420. The van der Waals surface area contributed by atoms with Crippen LogP contribution < -0.4 is 20.1 Å². The van der Waals surface area contributed by atoms with Crippen molar-refractivity contribution in [3.05, 3.63) is 59.7 Å². The molecule has 6 heteroatoms. The molecule has 0 radical (unpaired) electrons. The van der Waals surface area contributed by atoms with Crippen LogP contribution in [0, 0.1) is 13.8 Å². The molecule has 0 aromatic heterocycles. The molecular weight excluding hydrogens is 388 g/mol. The van der Waals surface area contributed by atoms with Gasteiger partial charge in [0.05, 0.1) is 0 Å². The number of rotatable bonds is 9. The molecule has 150 valence electrons. The van der Waals surface area contributed by atoms with E-state index in [0.717, 1.165) is 50.3 Å². The molecular formula is C22H28N2O2S2. The van der Waals surface area contributed by atoms with Crippen LogP contribution in [-0.2, 0) is 0 Å². The van der Waals surface area contributed by atoms with Crippen LogP contribution in [0.25, 0.3) is 0 Å². The molecule has 0 fully saturated rings. The predicted molar refractivity (Wildman–Crippen MR) is 123 cm³/mol. The molecule has 0 spiro atoms. The smallest absolute Gasteiger partial charge is 0.262 e. The third-order valence-corrected chi connectivity index (χ3v) is 4.56. The Morgan fingerprint density at radius 2 is 1.00 bits per heavy atom. The Morgan fingerprint density at radius 3 is 1.36 bits per heavy atom. The van der Waals surface area contributed by atoms with Gasteiger partial charge in [-0.15, -0.1) is 0 Å². The zero-order valence-electron chi connectivity index (χ0n) is 16.5. The molecule has 0 unspecified atom stereocenters. The lowest BCUT2D eigenvalue weighted by atomic mass is 10.2. The van der Waals surface area contributed by atoms with E-state index < -0.39 is 0 Å². The van der Waals surface area contributed by atoms with Crippen molar-refractivity contribution in [2.75, 3.05) is 13.1 Å². The molecule has 0 heterocycles. The van der Waals surface area contributed by atoms with E-state index >= 15 is 0 Å². The molecule has 0 saturated heterocycles. The van der Waals surface area contributed by atoms with Crippen LogP contribution >= 0.6 is 24.4 Å². The molecule has 0 bridgehead atoms. The van der Waals surface area contributed by atoms with Gasteiger partial charge in [0, 0.05) is 13.1 Å². The normalized spacial score (nSPS) is 10.2. The van der Waals surface area contributed by atoms with Crippen LogP contribution in [0.5, 0.6) is 11.5 Å². The number of ether oxygens (including phenoxy) is 2. The van der Waals surface area contributed by atoms with Gasteiger partial charge in [-0.1, -0.05) is 48.2 Å².